The summed E-state index contributed by atoms with van der Waals surface area (Å²) < 4.78 is 16.5. The second-order valence-electron chi connectivity index (χ2n) is 9.09. The predicted molar refractivity (Wildman–Crippen MR) is 138 cm³/mol. The number of aromatic nitrogens is 1. The Morgan fingerprint density at radius 2 is 1.81 bits per heavy atom. The predicted octanol–water partition coefficient (Wildman–Crippen LogP) is 4.77. The number of phenols is 1. The van der Waals surface area contributed by atoms with E-state index in [0.717, 1.165) is 10.9 Å². The molecule has 1 aliphatic rings. The first-order chi connectivity index (χ1) is 17.8. The molecule has 1 atom stereocenters. The molecule has 0 fully saturated rings. The quantitative estimate of drug-likeness (QED) is 0.273. The third kappa shape index (κ3) is 3.65. The monoisotopic (exact) mass is 495 g/mol. The number of aryl methyl sites for hydroxylation is 1. The summed E-state index contributed by atoms with van der Waals surface area (Å²) in [7, 11) is 1.55. The van der Waals surface area contributed by atoms with Crippen LogP contribution < -0.4 is 20.5 Å². The molecule has 2 N–H and O–H groups in total. The largest absolute Gasteiger partial charge is 0.507 e. The van der Waals surface area contributed by atoms with Gasteiger partial charge in [-0.15, -0.1) is 0 Å². The van der Waals surface area contributed by atoms with E-state index >= 15 is 0 Å². The van der Waals surface area contributed by atoms with E-state index in [1.54, 1.807) is 37.4 Å². The van der Waals surface area contributed by atoms with Crippen molar-refractivity contribution in [3.63, 3.8) is 0 Å². The van der Waals surface area contributed by atoms with E-state index in [9.17, 15) is 19.5 Å². The van der Waals surface area contributed by atoms with Crippen molar-refractivity contribution in [3.05, 3.63) is 98.1 Å². The number of esters is 1. The van der Waals surface area contributed by atoms with Gasteiger partial charge in [-0.1, -0.05) is 24.3 Å². The zero-order valence-electron chi connectivity index (χ0n) is 20.0. The van der Waals surface area contributed by atoms with E-state index in [4.69, 9.17) is 13.9 Å². The number of methoxy groups -OCH3 is 1. The molecule has 1 aliphatic heterocycles. The number of aromatic amines is 1. The molecule has 3 heterocycles. The number of carbonyl (C=O) groups excluding carboxylic acids is 1. The van der Waals surface area contributed by atoms with Gasteiger partial charge in [-0.25, -0.2) is 0 Å². The second kappa shape index (κ2) is 8.37. The lowest BCUT2D eigenvalue weighted by Gasteiger charge is -2.25. The van der Waals surface area contributed by atoms with Gasteiger partial charge in [0.1, 0.15) is 34.5 Å². The maximum absolute atomic E-state index is 13.5. The van der Waals surface area contributed by atoms with Crippen LogP contribution >= 0.6 is 0 Å². The Balaban J connectivity index is 1.59. The van der Waals surface area contributed by atoms with Crippen molar-refractivity contribution in [1.82, 2.24) is 4.98 Å². The van der Waals surface area contributed by atoms with Gasteiger partial charge in [0.05, 0.1) is 19.1 Å². The molecule has 0 bridgehead atoms. The highest BCUT2D eigenvalue weighted by atomic mass is 16.5. The molecular weight excluding hydrogens is 474 g/mol. The smallest absolute Gasteiger partial charge is 0.312 e. The molecule has 8 nitrogen and oxygen atoms in total. The maximum Gasteiger partial charge on any atom is 0.312 e. The number of hydrogen-bond acceptors (Lipinski definition) is 7. The van der Waals surface area contributed by atoms with Crippen molar-refractivity contribution in [2.45, 2.75) is 19.3 Å². The van der Waals surface area contributed by atoms with Crippen LogP contribution in [0.3, 0.4) is 0 Å². The number of H-pyrrole nitrogens is 1. The molecule has 184 valence electrons. The van der Waals surface area contributed by atoms with Crippen LogP contribution in [0.15, 0.2) is 74.9 Å². The van der Waals surface area contributed by atoms with Crippen LogP contribution in [0, 0.1) is 6.92 Å². The van der Waals surface area contributed by atoms with Crippen molar-refractivity contribution in [1.29, 1.82) is 0 Å². The summed E-state index contributed by atoms with van der Waals surface area (Å²) in [5.74, 6) is -1.00. The van der Waals surface area contributed by atoms with E-state index in [-0.39, 0.29) is 40.0 Å². The van der Waals surface area contributed by atoms with Crippen molar-refractivity contribution < 1.29 is 23.8 Å². The first-order valence-corrected chi connectivity index (χ1v) is 11.6. The molecule has 2 aromatic heterocycles. The van der Waals surface area contributed by atoms with Crippen LogP contribution in [0.5, 0.6) is 17.2 Å². The molecule has 0 aliphatic carbocycles. The van der Waals surface area contributed by atoms with E-state index in [1.807, 2.05) is 25.1 Å². The van der Waals surface area contributed by atoms with Gasteiger partial charge in [-0.2, -0.15) is 0 Å². The Morgan fingerprint density at radius 3 is 2.57 bits per heavy atom. The van der Waals surface area contributed by atoms with Gasteiger partial charge >= 0.3 is 5.97 Å². The molecule has 3 aromatic carbocycles. The molecule has 37 heavy (non-hydrogen) atoms. The fourth-order valence-corrected chi connectivity index (χ4v) is 4.96. The van der Waals surface area contributed by atoms with Crippen LogP contribution in [-0.2, 0) is 4.79 Å². The lowest BCUT2D eigenvalue weighted by Crippen LogP contribution is -2.26. The number of rotatable bonds is 3. The molecular formula is C29H21NO7. The molecule has 0 unspecified atom stereocenters. The summed E-state index contributed by atoms with van der Waals surface area (Å²) in [4.78, 5) is 42.1. The SMILES string of the molecule is COc1ccc(-c2coc3c4c(cc(O)c3c2=O)OC(=O)C[C@@H]4c2cc3ccc(C)cc3[nH]c2=O)cc1. The number of hydrogen-bond donors (Lipinski definition) is 2. The average Bonchev–Trinajstić information content (AvgIpc) is 2.87. The summed E-state index contributed by atoms with van der Waals surface area (Å²) in [6.45, 7) is 1.93. The van der Waals surface area contributed by atoms with Crippen LogP contribution in [0.1, 0.15) is 29.0 Å². The Kier molecular flexibility index (Phi) is 5.12. The highest BCUT2D eigenvalue weighted by Gasteiger charge is 2.35. The fourth-order valence-electron chi connectivity index (χ4n) is 4.96. The van der Waals surface area contributed by atoms with Gasteiger partial charge in [-0.3, -0.25) is 14.4 Å². The summed E-state index contributed by atoms with van der Waals surface area (Å²) >= 11 is 0. The topological polar surface area (TPSA) is 119 Å². The van der Waals surface area contributed by atoms with Crippen LogP contribution in [0.2, 0.25) is 0 Å². The number of carbonyl (C=O) groups is 1. The van der Waals surface area contributed by atoms with Gasteiger partial charge in [0.15, 0.2) is 0 Å². The van der Waals surface area contributed by atoms with Crippen LogP contribution in [0.4, 0.5) is 0 Å². The molecule has 0 amide bonds. The summed E-state index contributed by atoms with van der Waals surface area (Å²) in [5.41, 5.74) is 2.46. The standard InChI is InChI=1S/C29H21NO7/c1-14-3-4-16-10-19(29(34)30-21(16)9-14)18-11-24(32)37-23-12-22(31)26-27(33)20(13-36-28(26)25(18)23)15-5-7-17(35-2)8-6-15/h3-10,12-13,18,31H,11H2,1-2H3,(H,30,34)/t18-/m1/s1. The van der Waals surface area contributed by atoms with E-state index in [1.165, 1.54) is 12.3 Å². The third-order valence-electron chi connectivity index (χ3n) is 6.78. The van der Waals surface area contributed by atoms with E-state index in [0.29, 0.717) is 28.0 Å². The normalized spacial score (nSPS) is 15.0. The molecule has 6 rings (SSSR count). The van der Waals surface area contributed by atoms with Gasteiger partial charge in [-0.05, 0) is 47.7 Å². The van der Waals surface area contributed by atoms with Crippen molar-refractivity contribution in [2.24, 2.45) is 0 Å². The molecule has 0 radical (unpaired) electrons. The summed E-state index contributed by atoms with van der Waals surface area (Å²) in [6, 6.07) is 15.5. The summed E-state index contributed by atoms with van der Waals surface area (Å²) in [6.07, 6.45) is 1.18. The second-order valence-corrected chi connectivity index (χ2v) is 9.09. The molecule has 0 spiro atoms. The zero-order valence-corrected chi connectivity index (χ0v) is 20.0. The minimum absolute atomic E-state index is 0.0509. The number of fused-ring (bicyclic) bond motifs is 4. The van der Waals surface area contributed by atoms with Crippen molar-refractivity contribution in [3.8, 4) is 28.4 Å². The fraction of sp³-hybridized carbons (Fsp3) is 0.138. The highest BCUT2D eigenvalue weighted by molar-refractivity contribution is 5.94. The first kappa shape index (κ1) is 22.6. The average molecular weight is 495 g/mol. The number of aromatic hydroxyl groups is 1. The van der Waals surface area contributed by atoms with Crippen molar-refractivity contribution >= 4 is 27.8 Å². The summed E-state index contributed by atoms with van der Waals surface area (Å²) in [5, 5.41) is 11.5. The lowest BCUT2D eigenvalue weighted by atomic mass is 9.85. The molecule has 0 saturated carbocycles. The van der Waals surface area contributed by atoms with Gasteiger partial charge in [0.2, 0.25) is 5.43 Å². The van der Waals surface area contributed by atoms with Crippen LogP contribution in [0.25, 0.3) is 33.0 Å². The third-order valence-corrected chi connectivity index (χ3v) is 6.78. The van der Waals surface area contributed by atoms with Crippen LogP contribution in [-0.4, -0.2) is 23.2 Å². The molecule has 8 heteroatoms. The number of phenolic OH excluding ortho intramolecular Hbond substituents is 1. The first-order valence-electron chi connectivity index (χ1n) is 11.6. The Hall–Kier alpha value is -4.85. The van der Waals surface area contributed by atoms with E-state index in [2.05, 4.69) is 4.98 Å². The number of nitrogens with one attached hydrogen (secondary N) is 1. The van der Waals surface area contributed by atoms with Gasteiger partial charge in [0, 0.05) is 28.6 Å². The number of benzene rings is 3. The molecule has 0 saturated heterocycles. The van der Waals surface area contributed by atoms with Gasteiger partial charge < -0.3 is 24.0 Å². The van der Waals surface area contributed by atoms with Crippen molar-refractivity contribution in [2.75, 3.05) is 7.11 Å². The number of pyridine rings is 1. The minimum atomic E-state index is -0.746. The van der Waals surface area contributed by atoms with E-state index < -0.39 is 17.3 Å². The Bertz CT molecular complexity index is 1850. The lowest BCUT2D eigenvalue weighted by molar-refractivity contribution is -0.135. The number of ether oxygens (including phenoxy) is 2. The minimum Gasteiger partial charge on any atom is -0.507 e. The maximum atomic E-state index is 13.5. The van der Waals surface area contributed by atoms with Gasteiger partial charge in [0.25, 0.3) is 5.56 Å². The highest BCUT2D eigenvalue weighted by Crippen LogP contribution is 2.45. The Labute approximate surface area is 209 Å². The Morgan fingerprint density at radius 1 is 1.03 bits per heavy atom. The molecule has 5 aromatic rings. The zero-order chi connectivity index (χ0) is 25.8.